The molecule has 0 spiro atoms. The number of primary amides is 1. The number of hydrogen-bond donors (Lipinski definition) is 5. The van der Waals surface area contributed by atoms with Gasteiger partial charge >= 0.3 is 0 Å². The number of Topliss-reactive ketones (excluding diaryl/α,β-unsaturated/α-hetero) is 2. The third-order valence-corrected chi connectivity index (χ3v) is 8.47. The number of phenolic OH excluding ortho intramolecular Hbond substituents is 1. The maximum Gasteiger partial charge on any atom is 0.255 e. The Kier molecular flexibility index (Phi) is 6.19. The minimum Gasteiger partial charge on any atom is -0.508 e. The van der Waals surface area contributed by atoms with Gasteiger partial charge in [-0.3, -0.25) is 19.3 Å². The van der Waals surface area contributed by atoms with Crippen molar-refractivity contribution in [3.05, 3.63) is 70.0 Å². The predicted octanol–water partition coefficient (Wildman–Crippen LogP) is 2.75. The summed E-state index contributed by atoms with van der Waals surface area (Å²) in [4.78, 5) is 40.8. The highest BCUT2D eigenvalue weighted by Crippen LogP contribution is 2.53. The van der Waals surface area contributed by atoms with E-state index in [1.54, 1.807) is 20.2 Å². The Morgan fingerprint density at radius 1 is 1.10 bits per heavy atom. The van der Waals surface area contributed by atoms with Crippen LogP contribution in [0.4, 0.5) is 0 Å². The van der Waals surface area contributed by atoms with Crippen LogP contribution in [0.2, 0.25) is 0 Å². The lowest BCUT2D eigenvalue weighted by atomic mass is 9.57. The van der Waals surface area contributed by atoms with Gasteiger partial charge in [-0.1, -0.05) is 44.2 Å². The van der Waals surface area contributed by atoms with E-state index < -0.39 is 58.0 Å². The van der Waals surface area contributed by atoms with Crippen LogP contribution in [0, 0.1) is 11.8 Å². The van der Waals surface area contributed by atoms with E-state index in [1.165, 1.54) is 11.0 Å². The maximum absolute atomic E-state index is 13.9. The minimum absolute atomic E-state index is 0.0485. The SMILES string of the molecule is CC(C)c1cccc(-c2ccc(O)c3c2C[C@H]2C[C@H]4[C@H](N(C)C)C(=O)C(C(N)=O)=C(O)[C@@]4(O)C(=O)C2=C3O)c1. The molecule has 204 valence electrons. The molecule has 0 aromatic heterocycles. The number of hydrogen-bond acceptors (Lipinski definition) is 8. The van der Waals surface area contributed by atoms with Gasteiger partial charge in [-0.25, -0.2) is 0 Å². The lowest BCUT2D eigenvalue weighted by Crippen LogP contribution is -2.65. The number of nitrogens with two attached hydrogens (primary N) is 1. The number of amides is 1. The molecule has 9 heteroatoms. The Balaban J connectivity index is 1.73. The van der Waals surface area contributed by atoms with Gasteiger partial charge in [0.05, 0.1) is 11.6 Å². The number of phenols is 1. The van der Waals surface area contributed by atoms with Gasteiger partial charge in [0.1, 0.15) is 22.8 Å². The van der Waals surface area contributed by atoms with Crippen LogP contribution in [0.1, 0.15) is 42.9 Å². The van der Waals surface area contributed by atoms with Crippen molar-refractivity contribution in [2.24, 2.45) is 17.6 Å². The fourth-order valence-electron chi connectivity index (χ4n) is 6.58. The van der Waals surface area contributed by atoms with E-state index in [0.717, 1.165) is 16.7 Å². The summed E-state index contributed by atoms with van der Waals surface area (Å²) in [5.74, 6) is -6.33. The molecule has 0 bridgehead atoms. The summed E-state index contributed by atoms with van der Waals surface area (Å²) in [6, 6.07) is 10.1. The first-order valence-electron chi connectivity index (χ1n) is 12.9. The average Bonchev–Trinajstić information content (AvgIpc) is 2.86. The zero-order valence-electron chi connectivity index (χ0n) is 22.2. The number of fused-ring (bicyclic) bond motifs is 3. The third-order valence-electron chi connectivity index (χ3n) is 8.47. The van der Waals surface area contributed by atoms with E-state index in [2.05, 4.69) is 19.9 Å². The Morgan fingerprint density at radius 3 is 2.41 bits per heavy atom. The largest absolute Gasteiger partial charge is 0.508 e. The number of carbonyl (C=O) groups excluding carboxylic acids is 3. The molecule has 4 atom stereocenters. The summed E-state index contributed by atoms with van der Waals surface area (Å²) in [5.41, 5.74) is 5.24. The van der Waals surface area contributed by atoms with Gasteiger partial charge < -0.3 is 26.2 Å². The van der Waals surface area contributed by atoms with Gasteiger partial charge in [0.2, 0.25) is 5.78 Å². The molecule has 0 saturated heterocycles. The molecule has 3 aliphatic carbocycles. The van der Waals surface area contributed by atoms with E-state index in [4.69, 9.17) is 5.73 Å². The van der Waals surface area contributed by atoms with E-state index in [1.807, 2.05) is 18.2 Å². The first kappa shape index (κ1) is 26.6. The number of nitrogens with zero attached hydrogens (tertiary/aromatic N) is 1. The number of aliphatic hydroxyl groups excluding tert-OH is 2. The van der Waals surface area contributed by atoms with Crippen LogP contribution < -0.4 is 5.73 Å². The molecule has 0 heterocycles. The first-order valence-corrected chi connectivity index (χ1v) is 12.9. The number of rotatable bonds is 4. The number of carbonyl (C=O) groups is 3. The second-order valence-corrected chi connectivity index (χ2v) is 11.2. The van der Waals surface area contributed by atoms with E-state index >= 15 is 0 Å². The van der Waals surface area contributed by atoms with Crippen molar-refractivity contribution in [2.75, 3.05) is 14.1 Å². The first-order chi connectivity index (χ1) is 18.3. The molecule has 9 nitrogen and oxygen atoms in total. The van der Waals surface area contributed by atoms with Gasteiger partial charge in [0.15, 0.2) is 11.4 Å². The molecular formula is C30H32N2O7. The lowest BCUT2D eigenvalue weighted by Gasteiger charge is -2.50. The van der Waals surface area contributed by atoms with Crippen molar-refractivity contribution in [3.8, 4) is 16.9 Å². The van der Waals surface area contributed by atoms with Crippen LogP contribution in [-0.2, 0) is 20.8 Å². The average molecular weight is 533 g/mol. The molecule has 2 aromatic rings. The fraction of sp³-hybridized carbons (Fsp3) is 0.367. The van der Waals surface area contributed by atoms with Crippen LogP contribution in [0.5, 0.6) is 5.75 Å². The Hall–Kier alpha value is -3.95. The van der Waals surface area contributed by atoms with Crippen molar-refractivity contribution in [1.29, 1.82) is 0 Å². The molecule has 2 aromatic carbocycles. The normalized spacial score (nSPS) is 26.6. The summed E-state index contributed by atoms with van der Waals surface area (Å²) in [5, 5.41) is 44.9. The predicted molar refractivity (Wildman–Crippen MR) is 144 cm³/mol. The summed E-state index contributed by atoms with van der Waals surface area (Å²) in [6.07, 6.45) is 0.289. The molecule has 39 heavy (non-hydrogen) atoms. The molecule has 1 fully saturated rings. The molecule has 0 aliphatic heterocycles. The third kappa shape index (κ3) is 3.71. The van der Waals surface area contributed by atoms with Gasteiger partial charge in [-0.15, -0.1) is 0 Å². The van der Waals surface area contributed by atoms with Crippen molar-refractivity contribution in [3.63, 3.8) is 0 Å². The molecule has 3 aliphatic rings. The quantitative estimate of drug-likeness (QED) is 0.376. The zero-order chi connectivity index (χ0) is 28.5. The van der Waals surface area contributed by atoms with Crippen LogP contribution in [-0.4, -0.2) is 68.5 Å². The molecule has 1 amide bonds. The minimum atomic E-state index is -2.65. The second-order valence-electron chi connectivity index (χ2n) is 11.2. The molecule has 0 unspecified atom stereocenters. The van der Waals surface area contributed by atoms with Gasteiger partial charge in [0, 0.05) is 11.5 Å². The van der Waals surface area contributed by atoms with E-state index in [9.17, 15) is 34.8 Å². The Bertz CT molecular complexity index is 1500. The van der Waals surface area contributed by atoms with Crippen LogP contribution in [0.25, 0.3) is 16.9 Å². The number of aromatic hydroxyl groups is 1. The summed E-state index contributed by atoms with van der Waals surface area (Å²) in [7, 11) is 3.15. The number of benzene rings is 2. The van der Waals surface area contributed by atoms with Crippen LogP contribution >= 0.6 is 0 Å². The zero-order valence-corrected chi connectivity index (χ0v) is 22.2. The van der Waals surface area contributed by atoms with Crippen LogP contribution in [0.3, 0.4) is 0 Å². The van der Waals surface area contributed by atoms with Gasteiger partial charge in [-0.2, -0.15) is 0 Å². The maximum atomic E-state index is 13.9. The number of likely N-dealkylation sites (N-methyl/N-ethyl adjacent to an activating group) is 1. The highest BCUT2D eigenvalue weighted by atomic mass is 16.3. The Labute approximate surface area is 225 Å². The second kappa shape index (κ2) is 9.07. The topological polar surface area (TPSA) is 161 Å². The summed E-state index contributed by atoms with van der Waals surface area (Å²) < 4.78 is 0. The van der Waals surface area contributed by atoms with Gasteiger partial charge in [0.25, 0.3) is 5.91 Å². The van der Waals surface area contributed by atoms with Crippen molar-refractivity contribution in [1.82, 2.24) is 4.90 Å². The molecular weight excluding hydrogens is 500 g/mol. The summed E-state index contributed by atoms with van der Waals surface area (Å²) in [6.45, 7) is 4.17. The monoisotopic (exact) mass is 532 g/mol. The number of ketones is 2. The fourth-order valence-corrected chi connectivity index (χ4v) is 6.58. The number of aliphatic hydroxyl groups is 3. The summed E-state index contributed by atoms with van der Waals surface area (Å²) >= 11 is 0. The smallest absolute Gasteiger partial charge is 0.255 e. The van der Waals surface area contributed by atoms with Crippen LogP contribution in [0.15, 0.2) is 53.3 Å². The Morgan fingerprint density at radius 2 is 1.79 bits per heavy atom. The standard InChI is InChI=1S/C30H32N2O7/c1-13(2)14-6-5-7-15(10-14)17-8-9-20(33)22-18(17)11-16-12-19-24(32(3)4)26(35)23(29(31)38)28(37)30(19,39)27(36)21(16)25(22)34/h5-10,13,16,19,24,33-34,37,39H,11-12H2,1-4H3,(H2,31,38)/t16-,19-,24-,30-/m0/s1. The molecule has 6 N–H and O–H groups in total. The molecule has 0 radical (unpaired) electrons. The van der Waals surface area contributed by atoms with Crippen molar-refractivity contribution >= 4 is 23.2 Å². The highest BCUT2D eigenvalue weighted by Gasteiger charge is 2.64. The van der Waals surface area contributed by atoms with Crippen molar-refractivity contribution < 1.29 is 34.8 Å². The van der Waals surface area contributed by atoms with E-state index in [-0.39, 0.29) is 35.6 Å². The molecule has 5 rings (SSSR count). The van der Waals surface area contributed by atoms with E-state index in [0.29, 0.717) is 5.56 Å². The lowest BCUT2D eigenvalue weighted by molar-refractivity contribution is -0.153. The molecule has 1 saturated carbocycles. The van der Waals surface area contributed by atoms with Gasteiger partial charge in [-0.05, 0) is 67.1 Å². The van der Waals surface area contributed by atoms with Crippen molar-refractivity contribution in [2.45, 2.75) is 44.2 Å². The highest BCUT2D eigenvalue weighted by molar-refractivity contribution is 6.24.